The number of rotatable bonds is 8. The Kier molecular flexibility index (Phi) is 7.54. The molecule has 136 valence electrons. The molecule has 2 N–H and O–H groups in total. The molecular formula is C20H29N3O2. The van der Waals surface area contributed by atoms with Gasteiger partial charge in [0.25, 0.3) is 0 Å². The van der Waals surface area contributed by atoms with Crippen LogP contribution in [0.1, 0.15) is 42.1 Å². The predicted molar refractivity (Wildman–Crippen MR) is 102 cm³/mol. The maximum Gasteiger partial charge on any atom is 0.191 e. The molecule has 0 aliphatic rings. The van der Waals surface area contributed by atoms with E-state index in [0.717, 1.165) is 36.0 Å². The fraction of sp³-hybridized carbons (Fsp3) is 0.450. The molecule has 0 bridgehead atoms. The zero-order valence-electron chi connectivity index (χ0n) is 15.6. The van der Waals surface area contributed by atoms with Crippen molar-refractivity contribution in [1.82, 2.24) is 10.6 Å². The third kappa shape index (κ3) is 6.27. The standard InChI is InChI=1S/C20H29N3O2/c1-15-13-19(17(3)25-15)14-23-20(21-4)22-11-8-12-24-16(2)18-9-6-5-7-10-18/h5-7,9-10,13,16H,8,11-12,14H2,1-4H3,(H2,21,22,23). The van der Waals surface area contributed by atoms with E-state index >= 15 is 0 Å². The molecule has 0 amide bonds. The van der Waals surface area contributed by atoms with Crippen LogP contribution in [-0.4, -0.2) is 26.2 Å². The molecule has 5 nitrogen and oxygen atoms in total. The van der Waals surface area contributed by atoms with Gasteiger partial charge in [0.2, 0.25) is 0 Å². The van der Waals surface area contributed by atoms with Gasteiger partial charge in [-0.3, -0.25) is 4.99 Å². The second-order valence-electron chi connectivity index (χ2n) is 6.07. The van der Waals surface area contributed by atoms with Gasteiger partial charge in [0.05, 0.1) is 6.10 Å². The summed E-state index contributed by atoms with van der Waals surface area (Å²) in [4.78, 5) is 4.24. The summed E-state index contributed by atoms with van der Waals surface area (Å²) in [5.74, 6) is 2.67. The highest BCUT2D eigenvalue weighted by Crippen LogP contribution is 2.15. The Hall–Kier alpha value is -2.27. The lowest BCUT2D eigenvalue weighted by Crippen LogP contribution is -2.37. The van der Waals surface area contributed by atoms with Gasteiger partial charge in [-0.05, 0) is 38.8 Å². The Bertz CT molecular complexity index is 665. The van der Waals surface area contributed by atoms with E-state index in [1.54, 1.807) is 7.05 Å². The van der Waals surface area contributed by atoms with Crippen LogP contribution < -0.4 is 10.6 Å². The van der Waals surface area contributed by atoms with Gasteiger partial charge >= 0.3 is 0 Å². The molecule has 0 fully saturated rings. The number of furan rings is 1. The summed E-state index contributed by atoms with van der Waals surface area (Å²) in [6.45, 7) is 8.24. The minimum atomic E-state index is 0.117. The van der Waals surface area contributed by atoms with Crippen molar-refractivity contribution in [3.63, 3.8) is 0 Å². The number of hydrogen-bond acceptors (Lipinski definition) is 3. The van der Waals surface area contributed by atoms with Crippen molar-refractivity contribution in [2.45, 2.75) is 39.8 Å². The van der Waals surface area contributed by atoms with Gasteiger partial charge in [-0.2, -0.15) is 0 Å². The zero-order valence-corrected chi connectivity index (χ0v) is 15.6. The van der Waals surface area contributed by atoms with Gasteiger partial charge in [-0.1, -0.05) is 30.3 Å². The smallest absolute Gasteiger partial charge is 0.191 e. The second-order valence-corrected chi connectivity index (χ2v) is 6.07. The molecule has 1 heterocycles. The quantitative estimate of drug-likeness (QED) is 0.436. The number of guanidine groups is 1. The van der Waals surface area contributed by atoms with Crippen LogP contribution in [0.4, 0.5) is 0 Å². The van der Waals surface area contributed by atoms with Crippen molar-refractivity contribution in [1.29, 1.82) is 0 Å². The SMILES string of the molecule is CN=C(NCCCOC(C)c1ccccc1)NCc1cc(C)oc1C. The Balaban J connectivity index is 1.63. The van der Waals surface area contributed by atoms with Gasteiger partial charge in [0, 0.05) is 32.3 Å². The van der Waals surface area contributed by atoms with Crippen molar-refractivity contribution in [2.24, 2.45) is 4.99 Å². The van der Waals surface area contributed by atoms with Crippen LogP contribution >= 0.6 is 0 Å². The summed E-state index contributed by atoms with van der Waals surface area (Å²) in [7, 11) is 1.77. The Morgan fingerprint density at radius 2 is 1.96 bits per heavy atom. The van der Waals surface area contributed by atoms with E-state index in [-0.39, 0.29) is 6.10 Å². The van der Waals surface area contributed by atoms with Crippen LogP contribution in [0.3, 0.4) is 0 Å². The molecule has 1 aromatic carbocycles. The molecule has 1 unspecified atom stereocenters. The number of nitrogens with zero attached hydrogens (tertiary/aromatic N) is 1. The van der Waals surface area contributed by atoms with Crippen molar-refractivity contribution < 1.29 is 9.15 Å². The highest BCUT2D eigenvalue weighted by molar-refractivity contribution is 5.79. The number of hydrogen-bond donors (Lipinski definition) is 2. The van der Waals surface area contributed by atoms with E-state index in [1.165, 1.54) is 5.56 Å². The third-order valence-electron chi connectivity index (χ3n) is 4.06. The van der Waals surface area contributed by atoms with E-state index in [9.17, 15) is 0 Å². The van der Waals surface area contributed by atoms with Crippen molar-refractivity contribution in [3.05, 3.63) is 59.0 Å². The van der Waals surface area contributed by atoms with Crippen LogP contribution in [0.2, 0.25) is 0 Å². The number of benzene rings is 1. The third-order valence-corrected chi connectivity index (χ3v) is 4.06. The van der Waals surface area contributed by atoms with Crippen LogP contribution in [0.5, 0.6) is 0 Å². The highest BCUT2D eigenvalue weighted by atomic mass is 16.5. The van der Waals surface area contributed by atoms with E-state index in [0.29, 0.717) is 13.2 Å². The Morgan fingerprint density at radius 1 is 1.20 bits per heavy atom. The van der Waals surface area contributed by atoms with Crippen LogP contribution in [0.25, 0.3) is 0 Å². The molecular weight excluding hydrogens is 314 g/mol. The lowest BCUT2D eigenvalue weighted by Gasteiger charge is -2.14. The molecule has 1 atom stereocenters. The molecule has 2 rings (SSSR count). The fourth-order valence-electron chi connectivity index (χ4n) is 2.62. The average molecular weight is 343 g/mol. The summed E-state index contributed by atoms with van der Waals surface area (Å²) in [5.41, 5.74) is 2.36. The maximum atomic E-state index is 5.88. The molecule has 25 heavy (non-hydrogen) atoms. The second kappa shape index (κ2) is 9.89. The van der Waals surface area contributed by atoms with Gasteiger partial charge < -0.3 is 19.8 Å². The molecule has 0 aliphatic heterocycles. The first-order valence-electron chi connectivity index (χ1n) is 8.77. The summed E-state index contributed by atoms with van der Waals surface area (Å²) in [5, 5.41) is 6.61. The van der Waals surface area contributed by atoms with Gasteiger partial charge in [0.1, 0.15) is 11.5 Å². The van der Waals surface area contributed by atoms with Gasteiger partial charge in [-0.25, -0.2) is 0 Å². The van der Waals surface area contributed by atoms with E-state index in [4.69, 9.17) is 9.15 Å². The van der Waals surface area contributed by atoms with Crippen LogP contribution in [0, 0.1) is 13.8 Å². The lowest BCUT2D eigenvalue weighted by atomic mass is 10.1. The molecule has 1 aromatic heterocycles. The molecule has 0 radical (unpaired) electrons. The number of aliphatic imine (C=N–C) groups is 1. The minimum absolute atomic E-state index is 0.117. The van der Waals surface area contributed by atoms with Crippen LogP contribution in [-0.2, 0) is 11.3 Å². The zero-order chi connectivity index (χ0) is 18.1. The molecule has 5 heteroatoms. The van der Waals surface area contributed by atoms with E-state index < -0.39 is 0 Å². The first-order chi connectivity index (χ1) is 12.1. The number of nitrogens with one attached hydrogen (secondary N) is 2. The lowest BCUT2D eigenvalue weighted by molar-refractivity contribution is 0.0646. The van der Waals surface area contributed by atoms with Crippen LogP contribution in [0.15, 0.2) is 45.8 Å². The van der Waals surface area contributed by atoms with Crippen molar-refractivity contribution in [3.8, 4) is 0 Å². The largest absolute Gasteiger partial charge is 0.466 e. The molecule has 2 aromatic rings. The van der Waals surface area contributed by atoms with E-state index in [1.807, 2.05) is 32.0 Å². The summed E-state index contributed by atoms with van der Waals surface area (Å²) in [6, 6.07) is 12.3. The Morgan fingerprint density at radius 3 is 2.60 bits per heavy atom. The summed E-state index contributed by atoms with van der Waals surface area (Å²) < 4.78 is 11.4. The molecule has 0 spiro atoms. The summed E-state index contributed by atoms with van der Waals surface area (Å²) >= 11 is 0. The summed E-state index contributed by atoms with van der Waals surface area (Å²) in [6.07, 6.45) is 1.03. The molecule has 0 saturated heterocycles. The van der Waals surface area contributed by atoms with Gasteiger partial charge in [-0.15, -0.1) is 0 Å². The minimum Gasteiger partial charge on any atom is -0.466 e. The van der Waals surface area contributed by atoms with Crippen molar-refractivity contribution >= 4 is 5.96 Å². The number of ether oxygens (including phenoxy) is 1. The van der Waals surface area contributed by atoms with Crippen molar-refractivity contribution in [2.75, 3.05) is 20.2 Å². The predicted octanol–water partition coefficient (Wildman–Crippen LogP) is 3.73. The average Bonchev–Trinajstić information content (AvgIpc) is 2.95. The topological polar surface area (TPSA) is 58.8 Å². The maximum absolute atomic E-state index is 5.88. The Labute approximate surface area is 150 Å². The molecule has 0 aliphatic carbocycles. The van der Waals surface area contributed by atoms with E-state index in [2.05, 4.69) is 40.7 Å². The highest BCUT2D eigenvalue weighted by Gasteiger charge is 2.06. The normalized spacial score (nSPS) is 12.9. The first kappa shape index (κ1) is 19.1. The number of aryl methyl sites for hydroxylation is 2. The van der Waals surface area contributed by atoms with Gasteiger partial charge in [0.15, 0.2) is 5.96 Å². The molecule has 0 saturated carbocycles. The fourth-order valence-corrected chi connectivity index (χ4v) is 2.62. The monoisotopic (exact) mass is 343 g/mol. The first-order valence-corrected chi connectivity index (χ1v) is 8.77.